The van der Waals surface area contributed by atoms with E-state index in [2.05, 4.69) is 24.4 Å². The molecule has 1 aliphatic carbocycles. The largest absolute Gasteiger partial charge is 0.371 e. The van der Waals surface area contributed by atoms with Crippen LogP contribution in [-0.4, -0.2) is 23.7 Å². The highest BCUT2D eigenvalue weighted by Crippen LogP contribution is 2.41. The summed E-state index contributed by atoms with van der Waals surface area (Å²) in [5, 5.41) is 4.13. The number of benzene rings is 2. The third-order valence-corrected chi connectivity index (χ3v) is 6.66. The van der Waals surface area contributed by atoms with Gasteiger partial charge in [0.15, 0.2) is 0 Å². The molecule has 2 aromatic carbocycles. The third kappa shape index (κ3) is 5.21. The fourth-order valence-corrected chi connectivity index (χ4v) is 5.23. The third-order valence-electron chi connectivity index (χ3n) is 6.40. The Balaban J connectivity index is 1.48. The Morgan fingerprint density at radius 2 is 1.79 bits per heavy atom. The monoisotopic (exact) mass is 411 g/mol. The average Bonchev–Trinajstić information content (AvgIpc) is 2.70. The number of fused-ring (bicyclic) bond motifs is 1. The van der Waals surface area contributed by atoms with Crippen LogP contribution in [0.25, 0.3) is 0 Å². The molecule has 4 rings (SSSR count). The Labute approximate surface area is 178 Å². The second-order valence-corrected chi connectivity index (χ2v) is 9.33. The maximum atomic E-state index is 12.8. The van der Waals surface area contributed by atoms with Gasteiger partial charge < -0.3 is 10.1 Å². The molecule has 3 nitrogen and oxygen atoms in total. The summed E-state index contributed by atoms with van der Waals surface area (Å²) in [7, 11) is 0. The van der Waals surface area contributed by atoms with Crippen LogP contribution in [-0.2, 0) is 22.4 Å². The number of carbonyl (C=O) groups is 1. The van der Waals surface area contributed by atoms with E-state index in [4.69, 9.17) is 16.3 Å². The summed E-state index contributed by atoms with van der Waals surface area (Å²) in [5.41, 5.74) is 2.00. The van der Waals surface area contributed by atoms with Crippen LogP contribution in [0.2, 0.25) is 5.02 Å². The Hall–Kier alpha value is -1.84. The van der Waals surface area contributed by atoms with Crippen molar-refractivity contribution < 1.29 is 9.53 Å². The summed E-state index contributed by atoms with van der Waals surface area (Å²) in [4.78, 5) is 12.8. The number of amides is 1. The van der Waals surface area contributed by atoms with Gasteiger partial charge >= 0.3 is 0 Å². The van der Waals surface area contributed by atoms with Crippen molar-refractivity contribution in [2.45, 2.75) is 69.6 Å². The van der Waals surface area contributed by atoms with Gasteiger partial charge in [-0.3, -0.25) is 4.79 Å². The first-order chi connectivity index (χ1) is 14.0. The molecule has 0 unspecified atom stereocenters. The van der Waals surface area contributed by atoms with E-state index in [1.807, 2.05) is 42.5 Å². The number of ether oxygens (including phenoxy) is 1. The fourth-order valence-electron chi connectivity index (χ4n) is 5.11. The molecule has 1 saturated heterocycles. The van der Waals surface area contributed by atoms with Gasteiger partial charge in [0.1, 0.15) is 0 Å². The molecule has 0 aromatic heterocycles. The lowest BCUT2D eigenvalue weighted by Crippen LogP contribution is -2.57. The minimum Gasteiger partial charge on any atom is -0.371 e. The van der Waals surface area contributed by atoms with Gasteiger partial charge in [0.05, 0.1) is 18.1 Å². The standard InChI is InChI=1S/C25H30ClNO2/c1-25(16-19-11-13-20(26)14-12-19)17-22(21-9-5-6-10-23(21)29-25)27-24(28)15-18-7-3-2-4-8-18/h2-4,7-8,11-14,21-23H,5-6,9-10,15-17H2,1H3,(H,27,28)/t21-,22+,23+,25-/m0/s1. The quantitative estimate of drug-likeness (QED) is 0.720. The van der Waals surface area contributed by atoms with E-state index < -0.39 is 0 Å². The Morgan fingerprint density at radius 1 is 1.07 bits per heavy atom. The molecule has 29 heavy (non-hydrogen) atoms. The van der Waals surface area contributed by atoms with Gasteiger partial charge in [-0.2, -0.15) is 0 Å². The van der Waals surface area contributed by atoms with E-state index in [0.29, 0.717) is 12.3 Å². The van der Waals surface area contributed by atoms with Crippen LogP contribution in [0, 0.1) is 5.92 Å². The van der Waals surface area contributed by atoms with Crippen molar-refractivity contribution in [3.05, 3.63) is 70.7 Å². The Morgan fingerprint density at radius 3 is 2.55 bits per heavy atom. The minimum absolute atomic E-state index is 0.112. The molecule has 2 fully saturated rings. The smallest absolute Gasteiger partial charge is 0.224 e. The molecule has 0 radical (unpaired) electrons. The molecule has 0 bridgehead atoms. The molecule has 0 spiro atoms. The second kappa shape index (κ2) is 8.89. The van der Waals surface area contributed by atoms with Crippen LogP contribution in [0.4, 0.5) is 0 Å². The predicted molar refractivity (Wildman–Crippen MR) is 117 cm³/mol. The first-order valence-corrected chi connectivity index (χ1v) is 11.1. The van der Waals surface area contributed by atoms with Crippen LogP contribution >= 0.6 is 11.6 Å². The average molecular weight is 412 g/mol. The highest BCUT2D eigenvalue weighted by molar-refractivity contribution is 6.30. The van der Waals surface area contributed by atoms with Crippen LogP contribution in [0.15, 0.2) is 54.6 Å². The zero-order chi connectivity index (χ0) is 20.3. The summed E-state index contributed by atoms with van der Waals surface area (Å²) < 4.78 is 6.66. The van der Waals surface area contributed by atoms with Gasteiger partial charge in [-0.25, -0.2) is 0 Å². The highest BCUT2D eigenvalue weighted by Gasteiger charge is 2.45. The van der Waals surface area contributed by atoms with Crippen molar-refractivity contribution in [1.29, 1.82) is 0 Å². The summed E-state index contributed by atoms with van der Waals surface area (Å²) in [5.74, 6) is 0.531. The first kappa shape index (κ1) is 20.4. The fraction of sp³-hybridized carbons (Fsp3) is 0.480. The van der Waals surface area contributed by atoms with E-state index in [1.54, 1.807) is 0 Å². The van der Waals surface area contributed by atoms with E-state index in [-0.39, 0.29) is 23.7 Å². The molecule has 4 atom stereocenters. The van der Waals surface area contributed by atoms with E-state index in [9.17, 15) is 4.79 Å². The number of rotatable bonds is 5. The van der Waals surface area contributed by atoms with E-state index in [0.717, 1.165) is 36.3 Å². The lowest BCUT2D eigenvalue weighted by Gasteiger charge is -2.49. The van der Waals surface area contributed by atoms with Gasteiger partial charge in [0.25, 0.3) is 0 Å². The summed E-state index contributed by atoms with van der Waals surface area (Å²) >= 11 is 6.05. The lowest BCUT2D eigenvalue weighted by molar-refractivity contribution is -0.168. The van der Waals surface area contributed by atoms with Crippen molar-refractivity contribution in [3.63, 3.8) is 0 Å². The molecule has 4 heteroatoms. The molecule has 154 valence electrons. The maximum Gasteiger partial charge on any atom is 0.224 e. The van der Waals surface area contributed by atoms with Gasteiger partial charge in [0.2, 0.25) is 5.91 Å². The van der Waals surface area contributed by atoms with Crippen molar-refractivity contribution >= 4 is 17.5 Å². The van der Waals surface area contributed by atoms with E-state index in [1.165, 1.54) is 18.4 Å². The number of halogens is 1. The zero-order valence-electron chi connectivity index (χ0n) is 17.1. The number of carbonyl (C=O) groups excluding carboxylic acids is 1. The molecule has 1 aliphatic heterocycles. The normalized spacial score (nSPS) is 29.1. The van der Waals surface area contributed by atoms with Crippen LogP contribution < -0.4 is 5.32 Å². The van der Waals surface area contributed by atoms with E-state index >= 15 is 0 Å². The summed E-state index contributed by atoms with van der Waals surface area (Å²) in [6.45, 7) is 2.20. The number of hydrogen-bond donors (Lipinski definition) is 1. The molecule has 1 heterocycles. The predicted octanol–water partition coefficient (Wildman–Crippen LogP) is 5.35. The minimum atomic E-state index is -0.281. The molecule has 2 aliphatic rings. The van der Waals surface area contributed by atoms with Crippen LogP contribution in [0.5, 0.6) is 0 Å². The van der Waals surface area contributed by atoms with Gasteiger partial charge in [0, 0.05) is 23.4 Å². The maximum absolute atomic E-state index is 12.8. The van der Waals surface area contributed by atoms with Crippen LogP contribution in [0.3, 0.4) is 0 Å². The molecule has 1 amide bonds. The van der Waals surface area contributed by atoms with Crippen molar-refractivity contribution in [1.82, 2.24) is 5.32 Å². The lowest BCUT2D eigenvalue weighted by atomic mass is 9.73. The number of hydrogen-bond acceptors (Lipinski definition) is 2. The summed E-state index contributed by atoms with van der Waals surface area (Å²) in [6.07, 6.45) is 7.01. The first-order valence-electron chi connectivity index (χ1n) is 10.8. The molecule has 2 aromatic rings. The van der Waals surface area contributed by atoms with Crippen molar-refractivity contribution in [3.8, 4) is 0 Å². The molecule has 1 saturated carbocycles. The molecular weight excluding hydrogens is 382 g/mol. The van der Waals surface area contributed by atoms with Crippen LogP contribution in [0.1, 0.15) is 50.2 Å². The molecular formula is C25H30ClNO2. The number of nitrogens with one attached hydrogen (secondary N) is 1. The topological polar surface area (TPSA) is 38.3 Å². The van der Waals surface area contributed by atoms with Gasteiger partial charge in [-0.05, 0) is 49.4 Å². The molecule has 1 N–H and O–H groups in total. The van der Waals surface area contributed by atoms with Crippen molar-refractivity contribution in [2.24, 2.45) is 5.92 Å². The second-order valence-electron chi connectivity index (χ2n) is 8.90. The highest BCUT2D eigenvalue weighted by atomic mass is 35.5. The van der Waals surface area contributed by atoms with Gasteiger partial charge in [-0.15, -0.1) is 0 Å². The van der Waals surface area contributed by atoms with Crippen molar-refractivity contribution in [2.75, 3.05) is 0 Å². The summed E-state index contributed by atoms with van der Waals surface area (Å²) in [6, 6.07) is 18.2. The van der Waals surface area contributed by atoms with Gasteiger partial charge in [-0.1, -0.05) is 66.9 Å². The SMILES string of the molecule is C[C@]1(Cc2ccc(Cl)cc2)C[C@@H](NC(=O)Cc2ccccc2)[C@@H]2CCCC[C@H]2O1. The Kier molecular flexibility index (Phi) is 6.26. The zero-order valence-corrected chi connectivity index (χ0v) is 17.8. The Bertz CT molecular complexity index is 822.